The number of anilines is 1. The molecule has 4 aromatic rings. The fourth-order valence-electron chi connectivity index (χ4n) is 5.15. The number of rotatable bonds is 2. The Morgan fingerprint density at radius 2 is 1.69 bits per heavy atom. The van der Waals surface area contributed by atoms with Gasteiger partial charge in [0.25, 0.3) is 0 Å². The molecule has 3 nitrogen and oxygen atoms in total. The summed E-state index contributed by atoms with van der Waals surface area (Å²) < 4.78 is 8.03. The summed E-state index contributed by atoms with van der Waals surface area (Å²) in [5, 5.41) is 2.24. The molecular weight excluding hydrogens is 460 g/mol. The molecule has 0 N–H and O–H groups in total. The molecule has 2 heterocycles. The Morgan fingerprint density at radius 1 is 0.906 bits per heavy atom. The van der Waals surface area contributed by atoms with E-state index >= 15 is 0 Å². The van der Waals surface area contributed by atoms with Crippen molar-refractivity contribution in [1.29, 1.82) is 0 Å². The molecule has 0 aromatic heterocycles. The van der Waals surface area contributed by atoms with E-state index in [-0.39, 0.29) is 5.41 Å². The Labute approximate surface area is 196 Å². The molecule has 0 bridgehead atoms. The van der Waals surface area contributed by atoms with Gasteiger partial charge >= 0.3 is 0 Å². The van der Waals surface area contributed by atoms with E-state index in [0.717, 1.165) is 33.2 Å². The van der Waals surface area contributed by atoms with Crippen molar-refractivity contribution in [2.24, 2.45) is 4.99 Å². The maximum Gasteiger partial charge on any atom is 0.229 e. The van der Waals surface area contributed by atoms with Gasteiger partial charge in [0.2, 0.25) is 5.72 Å². The van der Waals surface area contributed by atoms with E-state index in [2.05, 4.69) is 120 Å². The molecule has 4 aromatic carbocycles. The van der Waals surface area contributed by atoms with E-state index in [4.69, 9.17) is 9.73 Å². The summed E-state index contributed by atoms with van der Waals surface area (Å²) in [5.41, 5.74) is 3.59. The Morgan fingerprint density at radius 3 is 2.53 bits per heavy atom. The van der Waals surface area contributed by atoms with Crippen LogP contribution in [0.25, 0.3) is 10.8 Å². The average molecular weight is 483 g/mol. The summed E-state index contributed by atoms with van der Waals surface area (Å²) >= 11 is 3.57. The summed E-state index contributed by atoms with van der Waals surface area (Å²) in [6.45, 7) is 5.25. The third-order valence-electron chi connectivity index (χ3n) is 6.90. The molecular formula is C28H23BrN2O. The molecule has 32 heavy (non-hydrogen) atoms. The minimum Gasteiger partial charge on any atom is -0.459 e. The Balaban J connectivity index is 1.53. The van der Waals surface area contributed by atoms with Gasteiger partial charge in [-0.25, -0.2) is 0 Å². The minimum absolute atomic E-state index is 0.297. The van der Waals surface area contributed by atoms with Gasteiger partial charge in [0, 0.05) is 22.1 Å². The number of nitrogens with zero attached hydrogens (tertiary/aromatic N) is 2. The number of hydrogen-bond acceptors (Lipinski definition) is 3. The Kier molecular flexibility index (Phi) is 4.25. The highest BCUT2D eigenvalue weighted by atomic mass is 79.9. The van der Waals surface area contributed by atoms with E-state index in [1.807, 2.05) is 6.21 Å². The highest BCUT2D eigenvalue weighted by Gasteiger charge is 2.59. The third kappa shape index (κ3) is 2.69. The van der Waals surface area contributed by atoms with Gasteiger partial charge in [0.15, 0.2) is 0 Å². The number of halogens is 1. The van der Waals surface area contributed by atoms with Crippen LogP contribution in [-0.2, 0) is 12.0 Å². The molecule has 2 aliphatic rings. The largest absolute Gasteiger partial charge is 0.459 e. The molecule has 1 unspecified atom stereocenters. The van der Waals surface area contributed by atoms with E-state index < -0.39 is 5.72 Å². The molecule has 1 spiro atoms. The quantitative estimate of drug-likeness (QED) is 0.297. The standard InChI is InChI=1S/C28H23BrN2O/c1-27(2)23-10-6-7-11-24(23)31(17-19-8-4-3-5-9-19)28(27)18-30-26-22-14-13-21(29)16-20(22)12-15-25(26)32-28/h3-16,18H,17H2,1-2H3. The van der Waals surface area contributed by atoms with Crippen LogP contribution in [0.5, 0.6) is 5.75 Å². The first-order chi connectivity index (χ1) is 15.5. The van der Waals surface area contributed by atoms with Crippen molar-refractivity contribution < 1.29 is 4.74 Å². The SMILES string of the molecule is CC1(C)c2ccccc2N(Cc2ccccc2)C12C=Nc1c(ccc3cc(Br)ccc13)O2. The van der Waals surface area contributed by atoms with Gasteiger partial charge in [-0.2, -0.15) is 0 Å². The number of aliphatic imine (C=N–C) groups is 1. The van der Waals surface area contributed by atoms with Gasteiger partial charge in [-0.05, 0) is 54.6 Å². The molecule has 0 fully saturated rings. The van der Waals surface area contributed by atoms with Crippen LogP contribution >= 0.6 is 15.9 Å². The first kappa shape index (κ1) is 19.6. The zero-order chi connectivity index (χ0) is 21.9. The lowest BCUT2D eigenvalue weighted by Gasteiger charge is -2.46. The summed E-state index contributed by atoms with van der Waals surface area (Å²) in [6.07, 6.45) is 2.03. The van der Waals surface area contributed by atoms with Crippen molar-refractivity contribution in [1.82, 2.24) is 0 Å². The van der Waals surface area contributed by atoms with Gasteiger partial charge in [-0.3, -0.25) is 4.99 Å². The van der Waals surface area contributed by atoms with Gasteiger partial charge in [-0.1, -0.05) is 76.6 Å². The Bertz CT molecular complexity index is 1380. The van der Waals surface area contributed by atoms with Crippen molar-refractivity contribution in [3.63, 3.8) is 0 Å². The lowest BCUT2D eigenvalue weighted by molar-refractivity contribution is 0.0764. The van der Waals surface area contributed by atoms with E-state index in [1.165, 1.54) is 16.8 Å². The number of para-hydroxylation sites is 1. The second-order valence-corrected chi connectivity index (χ2v) is 9.96. The van der Waals surface area contributed by atoms with Crippen molar-refractivity contribution in [2.45, 2.75) is 31.5 Å². The van der Waals surface area contributed by atoms with Crippen molar-refractivity contribution in [3.05, 3.63) is 101 Å². The van der Waals surface area contributed by atoms with E-state index in [1.54, 1.807) is 0 Å². The molecule has 1 atom stereocenters. The highest BCUT2D eigenvalue weighted by Crippen LogP contribution is 2.55. The maximum atomic E-state index is 6.97. The topological polar surface area (TPSA) is 24.8 Å². The number of fused-ring (bicyclic) bond motifs is 4. The van der Waals surface area contributed by atoms with Crippen molar-refractivity contribution in [3.8, 4) is 5.75 Å². The molecule has 4 heteroatoms. The first-order valence-electron chi connectivity index (χ1n) is 10.9. The predicted molar refractivity (Wildman–Crippen MR) is 135 cm³/mol. The molecule has 6 rings (SSSR count). The summed E-state index contributed by atoms with van der Waals surface area (Å²) in [7, 11) is 0. The predicted octanol–water partition coefficient (Wildman–Crippen LogP) is 7.39. The Hall–Kier alpha value is -3.11. The number of ether oxygens (including phenoxy) is 1. The number of benzene rings is 4. The molecule has 158 valence electrons. The zero-order valence-electron chi connectivity index (χ0n) is 18.0. The van der Waals surface area contributed by atoms with Crippen LogP contribution in [0.4, 0.5) is 11.4 Å². The molecule has 0 saturated heterocycles. The fraction of sp³-hybridized carbons (Fsp3) is 0.179. The molecule has 0 radical (unpaired) electrons. The van der Waals surface area contributed by atoms with Crippen LogP contribution in [0.15, 0.2) is 94.4 Å². The molecule has 0 saturated carbocycles. The van der Waals surface area contributed by atoms with Gasteiger partial charge in [0.1, 0.15) is 11.4 Å². The zero-order valence-corrected chi connectivity index (χ0v) is 19.6. The smallest absolute Gasteiger partial charge is 0.229 e. The van der Waals surface area contributed by atoms with Crippen molar-refractivity contribution >= 4 is 44.3 Å². The summed E-state index contributed by atoms with van der Waals surface area (Å²) in [5.74, 6) is 0.821. The van der Waals surface area contributed by atoms with Gasteiger partial charge in [0.05, 0.1) is 11.6 Å². The van der Waals surface area contributed by atoms with Gasteiger partial charge in [-0.15, -0.1) is 0 Å². The summed E-state index contributed by atoms with van der Waals surface area (Å²) in [6, 6.07) is 29.6. The second-order valence-electron chi connectivity index (χ2n) is 9.05. The molecule has 2 aliphatic heterocycles. The van der Waals surface area contributed by atoms with Crippen LogP contribution < -0.4 is 9.64 Å². The number of hydrogen-bond donors (Lipinski definition) is 0. The van der Waals surface area contributed by atoms with Crippen LogP contribution in [0, 0.1) is 0 Å². The van der Waals surface area contributed by atoms with Crippen LogP contribution in [0.2, 0.25) is 0 Å². The summed E-state index contributed by atoms with van der Waals surface area (Å²) in [4.78, 5) is 7.42. The van der Waals surface area contributed by atoms with Crippen LogP contribution in [0.1, 0.15) is 25.0 Å². The normalized spacial score (nSPS) is 20.3. The second kappa shape index (κ2) is 6.94. The fourth-order valence-corrected chi connectivity index (χ4v) is 5.53. The van der Waals surface area contributed by atoms with Crippen molar-refractivity contribution in [2.75, 3.05) is 4.90 Å². The monoisotopic (exact) mass is 482 g/mol. The minimum atomic E-state index is -0.720. The third-order valence-corrected chi connectivity index (χ3v) is 7.39. The van der Waals surface area contributed by atoms with E-state index in [9.17, 15) is 0 Å². The lowest BCUT2D eigenvalue weighted by Crippen LogP contribution is -2.61. The van der Waals surface area contributed by atoms with Crippen LogP contribution in [0.3, 0.4) is 0 Å². The maximum absolute atomic E-state index is 6.97. The van der Waals surface area contributed by atoms with Gasteiger partial charge < -0.3 is 9.64 Å². The lowest BCUT2D eigenvalue weighted by atomic mass is 9.77. The molecule has 0 amide bonds. The van der Waals surface area contributed by atoms with Crippen LogP contribution in [-0.4, -0.2) is 11.9 Å². The first-order valence-corrected chi connectivity index (χ1v) is 11.7. The highest BCUT2D eigenvalue weighted by molar-refractivity contribution is 9.10. The molecule has 0 aliphatic carbocycles. The average Bonchev–Trinajstić information content (AvgIpc) is 2.98. The van der Waals surface area contributed by atoms with E-state index in [0.29, 0.717) is 0 Å².